The zero-order valence-electron chi connectivity index (χ0n) is 16.6. The van der Waals surface area contributed by atoms with Crippen molar-refractivity contribution in [2.24, 2.45) is 0 Å². The predicted octanol–water partition coefficient (Wildman–Crippen LogP) is 6.54. The molecule has 4 nitrogen and oxygen atoms in total. The van der Waals surface area contributed by atoms with Crippen LogP contribution in [0, 0.1) is 0 Å². The highest BCUT2D eigenvalue weighted by Crippen LogP contribution is 2.28. The molecule has 0 spiro atoms. The lowest BCUT2D eigenvalue weighted by Crippen LogP contribution is -2.32. The van der Waals surface area contributed by atoms with Crippen molar-refractivity contribution in [1.82, 2.24) is 4.37 Å². The maximum atomic E-state index is 12.9. The van der Waals surface area contributed by atoms with Crippen LogP contribution in [0.4, 0.5) is 11.5 Å². The molecular weight excluding hydrogens is 398 g/mol. The SMILES string of the molecule is CCCCC(=O)N(CCCNc1nsc2ccccc12)c1ccc2sccc2c1. The fourth-order valence-corrected chi connectivity index (χ4v) is 4.97. The van der Waals surface area contributed by atoms with Crippen LogP contribution < -0.4 is 10.2 Å². The van der Waals surface area contributed by atoms with Gasteiger partial charge in [0.05, 0.1) is 4.70 Å². The molecule has 29 heavy (non-hydrogen) atoms. The van der Waals surface area contributed by atoms with Crippen LogP contribution in [0.25, 0.3) is 20.2 Å². The lowest BCUT2D eigenvalue weighted by atomic mass is 10.1. The minimum atomic E-state index is 0.209. The third-order valence-electron chi connectivity index (χ3n) is 5.02. The number of thiophene rings is 1. The second kappa shape index (κ2) is 9.37. The van der Waals surface area contributed by atoms with Gasteiger partial charge >= 0.3 is 0 Å². The van der Waals surface area contributed by atoms with Gasteiger partial charge in [-0.05, 0) is 71.5 Å². The molecule has 0 saturated carbocycles. The smallest absolute Gasteiger partial charge is 0.226 e. The summed E-state index contributed by atoms with van der Waals surface area (Å²) >= 11 is 3.25. The fraction of sp³-hybridized carbons (Fsp3) is 0.304. The van der Waals surface area contributed by atoms with Crippen LogP contribution in [0.15, 0.2) is 53.9 Å². The third-order valence-corrected chi connectivity index (χ3v) is 6.75. The van der Waals surface area contributed by atoms with Crippen molar-refractivity contribution in [2.45, 2.75) is 32.6 Å². The molecule has 1 amide bonds. The van der Waals surface area contributed by atoms with E-state index in [0.717, 1.165) is 42.7 Å². The van der Waals surface area contributed by atoms with Gasteiger partial charge in [-0.1, -0.05) is 25.5 Å². The Bertz CT molecular complexity index is 1100. The normalized spacial score (nSPS) is 11.2. The van der Waals surface area contributed by atoms with E-state index in [4.69, 9.17) is 0 Å². The van der Waals surface area contributed by atoms with Gasteiger partial charge in [0.15, 0.2) is 0 Å². The second-order valence-electron chi connectivity index (χ2n) is 7.10. The summed E-state index contributed by atoms with van der Waals surface area (Å²) < 4.78 is 6.97. The predicted molar refractivity (Wildman–Crippen MR) is 126 cm³/mol. The Labute approximate surface area is 179 Å². The number of unbranched alkanes of at least 4 members (excludes halogenated alkanes) is 1. The van der Waals surface area contributed by atoms with E-state index >= 15 is 0 Å². The first kappa shape index (κ1) is 19.9. The van der Waals surface area contributed by atoms with Crippen LogP contribution in [0.3, 0.4) is 0 Å². The Morgan fingerprint density at radius 1 is 1.10 bits per heavy atom. The Balaban J connectivity index is 1.42. The first-order valence-corrected chi connectivity index (χ1v) is 11.8. The summed E-state index contributed by atoms with van der Waals surface area (Å²) in [6, 6.07) is 16.7. The number of carbonyl (C=O) groups is 1. The number of rotatable bonds is 9. The van der Waals surface area contributed by atoms with E-state index < -0.39 is 0 Å². The molecule has 1 N–H and O–H groups in total. The van der Waals surface area contributed by atoms with Gasteiger partial charge in [0.25, 0.3) is 0 Å². The van der Waals surface area contributed by atoms with E-state index in [1.807, 2.05) is 17.0 Å². The number of hydrogen-bond donors (Lipinski definition) is 1. The van der Waals surface area contributed by atoms with Crippen LogP contribution in [0.5, 0.6) is 0 Å². The van der Waals surface area contributed by atoms with E-state index in [0.29, 0.717) is 13.0 Å². The Morgan fingerprint density at radius 2 is 2.00 bits per heavy atom. The molecule has 0 bridgehead atoms. The van der Waals surface area contributed by atoms with Gasteiger partial charge in [-0.2, -0.15) is 4.37 Å². The zero-order valence-corrected chi connectivity index (χ0v) is 18.2. The summed E-state index contributed by atoms with van der Waals surface area (Å²) in [5, 5.41) is 7.91. The summed E-state index contributed by atoms with van der Waals surface area (Å²) in [7, 11) is 0. The van der Waals surface area contributed by atoms with Gasteiger partial charge in [0.2, 0.25) is 5.91 Å². The molecule has 2 aromatic carbocycles. The van der Waals surface area contributed by atoms with Gasteiger partial charge in [-0.3, -0.25) is 4.79 Å². The van der Waals surface area contributed by atoms with Crippen LogP contribution in [0.1, 0.15) is 32.6 Å². The second-order valence-corrected chi connectivity index (χ2v) is 8.85. The molecule has 0 unspecified atom stereocenters. The number of hydrogen-bond acceptors (Lipinski definition) is 5. The maximum absolute atomic E-state index is 12.9. The molecule has 0 aliphatic rings. The standard InChI is InChI=1S/C23H25N3OS2/c1-2-3-9-22(27)26(18-10-11-20-17(16-18)12-15-28-20)14-6-13-24-23-19-7-4-5-8-21(19)29-25-23/h4-5,7-8,10-12,15-16H,2-3,6,9,13-14H2,1H3,(H,24,25). The highest BCUT2D eigenvalue weighted by atomic mass is 32.1. The Kier molecular flexibility index (Phi) is 6.42. The fourth-order valence-electron chi connectivity index (χ4n) is 3.44. The largest absolute Gasteiger partial charge is 0.369 e. The van der Waals surface area contributed by atoms with E-state index in [9.17, 15) is 4.79 Å². The van der Waals surface area contributed by atoms with Crippen molar-refractivity contribution in [2.75, 3.05) is 23.3 Å². The van der Waals surface area contributed by atoms with Crippen molar-refractivity contribution in [3.05, 3.63) is 53.9 Å². The molecule has 2 aromatic heterocycles. The monoisotopic (exact) mass is 423 g/mol. The minimum Gasteiger partial charge on any atom is -0.369 e. The van der Waals surface area contributed by atoms with Crippen molar-refractivity contribution in [3.8, 4) is 0 Å². The van der Waals surface area contributed by atoms with Crippen LogP contribution >= 0.6 is 22.9 Å². The average Bonchev–Trinajstić information content (AvgIpc) is 3.38. The summed E-state index contributed by atoms with van der Waals surface area (Å²) in [6.07, 6.45) is 3.43. The summed E-state index contributed by atoms with van der Waals surface area (Å²) in [4.78, 5) is 14.8. The molecule has 0 aliphatic heterocycles. The van der Waals surface area contributed by atoms with E-state index in [-0.39, 0.29) is 5.91 Å². The molecule has 0 atom stereocenters. The summed E-state index contributed by atoms with van der Waals surface area (Å²) in [5.74, 6) is 1.15. The maximum Gasteiger partial charge on any atom is 0.226 e. The van der Waals surface area contributed by atoms with Gasteiger partial charge in [0, 0.05) is 35.3 Å². The van der Waals surface area contributed by atoms with E-state index in [1.165, 1.54) is 26.3 Å². The molecule has 0 saturated heterocycles. The topological polar surface area (TPSA) is 45.2 Å². The van der Waals surface area contributed by atoms with Crippen LogP contribution in [-0.4, -0.2) is 23.4 Å². The van der Waals surface area contributed by atoms with Crippen LogP contribution in [0.2, 0.25) is 0 Å². The number of nitrogens with zero attached hydrogens (tertiary/aromatic N) is 2. The average molecular weight is 424 g/mol. The zero-order chi connectivity index (χ0) is 20.1. The first-order chi connectivity index (χ1) is 14.3. The third kappa shape index (κ3) is 4.60. The van der Waals surface area contributed by atoms with Crippen molar-refractivity contribution in [3.63, 3.8) is 0 Å². The molecule has 4 aromatic rings. The first-order valence-electron chi connectivity index (χ1n) is 10.1. The lowest BCUT2D eigenvalue weighted by Gasteiger charge is -2.23. The number of anilines is 2. The number of nitrogens with one attached hydrogen (secondary N) is 1. The number of benzene rings is 2. The van der Waals surface area contributed by atoms with Crippen molar-refractivity contribution in [1.29, 1.82) is 0 Å². The van der Waals surface area contributed by atoms with Gasteiger partial charge in [-0.15, -0.1) is 11.3 Å². The van der Waals surface area contributed by atoms with Gasteiger partial charge < -0.3 is 10.2 Å². The van der Waals surface area contributed by atoms with Crippen LogP contribution in [-0.2, 0) is 4.79 Å². The molecule has 0 aliphatic carbocycles. The Morgan fingerprint density at radius 3 is 2.90 bits per heavy atom. The number of aromatic nitrogens is 1. The van der Waals surface area contributed by atoms with Gasteiger partial charge in [-0.25, -0.2) is 0 Å². The molecule has 0 fully saturated rings. The van der Waals surface area contributed by atoms with E-state index in [2.05, 4.69) is 58.4 Å². The highest BCUT2D eigenvalue weighted by Gasteiger charge is 2.16. The van der Waals surface area contributed by atoms with Gasteiger partial charge in [0.1, 0.15) is 5.82 Å². The lowest BCUT2D eigenvalue weighted by molar-refractivity contribution is -0.118. The molecule has 4 rings (SSSR count). The van der Waals surface area contributed by atoms with Crippen molar-refractivity contribution >= 4 is 60.5 Å². The highest BCUT2D eigenvalue weighted by molar-refractivity contribution is 7.17. The van der Waals surface area contributed by atoms with Crippen molar-refractivity contribution < 1.29 is 4.79 Å². The minimum absolute atomic E-state index is 0.209. The number of amides is 1. The summed E-state index contributed by atoms with van der Waals surface area (Å²) in [5.41, 5.74) is 0.996. The van der Waals surface area contributed by atoms with E-state index in [1.54, 1.807) is 11.3 Å². The molecule has 6 heteroatoms. The molecular formula is C23H25N3OS2. The molecule has 2 heterocycles. The molecule has 150 valence electrons. The quantitative estimate of drug-likeness (QED) is 0.311. The molecule has 0 radical (unpaired) electrons. The number of carbonyl (C=O) groups excluding carboxylic acids is 1. The summed E-state index contributed by atoms with van der Waals surface area (Å²) in [6.45, 7) is 3.61. The Hall–Kier alpha value is -2.44. The number of fused-ring (bicyclic) bond motifs is 2.